The molecule has 2 aromatic rings. The minimum Gasteiger partial charge on any atom is -0.482 e. The third-order valence-electron chi connectivity index (χ3n) is 3.82. The van der Waals surface area contributed by atoms with Gasteiger partial charge in [0.05, 0.1) is 11.1 Å². The highest BCUT2D eigenvalue weighted by molar-refractivity contribution is 9.10. The van der Waals surface area contributed by atoms with Crippen LogP contribution in [0, 0.1) is 5.92 Å². The average molecular weight is 395 g/mol. The van der Waals surface area contributed by atoms with Gasteiger partial charge >= 0.3 is 0 Å². The monoisotopic (exact) mass is 393 g/mol. The molecule has 3 nitrogen and oxygen atoms in total. The number of halogens is 2. The largest absolute Gasteiger partial charge is 0.482 e. The quantitative estimate of drug-likeness (QED) is 0.768. The number of carbonyl (C=O) groups excluding carboxylic acids is 1. The fourth-order valence-electron chi connectivity index (χ4n) is 2.51. The molecule has 0 aromatic heterocycles. The molecule has 1 aliphatic carbocycles. The lowest BCUT2D eigenvalue weighted by atomic mass is 10.0. The van der Waals surface area contributed by atoms with Crippen LogP contribution in [-0.4, -0.2) is 12.5 Å². The summed E-state index contributed by atoms with van der Waals surface area (Å²) < 4.78 is 6.40. The van der Waals surface area contributed by atoms with Crippen LogP contribution in [0.5, 0.6) is 5.75 Å². The van der Waals surface area contributed by atoms with E-state index in [-0.39, 0.29) is 18.6 Å². The Kier molecular flexibility index (Phi) is 5.23. The zero-order chi connectivity index (χ0) is 16.2. The molecule has 23 heavy (non-hydrogen) atoms. The van der Waals surface area contributed by atoms with E-state index in [1.165, 1.54) is 0 Å². The van der Waals surface area contributed by atoms with E-state index in [0.717, 1.165) is 22.9 Å². The Morgan fingerprint density at radius 2 is 2.00 bits per heavy atom. The van der Waals surface area contributed by atoms with Gasteiger partial charge < -0.3 is 10.1 Å². The molecule has 0 aliphatic heterocycles. The summed E-state index contributed by atoms with van der Waals surface area (Å²) in [5.41, 5.74) is 1.14. The Hall–Kier alpha value is -1.52. The zero-order valence-corrected chi connectivity index (χ0v) is 14.8. The Morgan fingerprint density at radius 1 is 1.26 bits per heavy atom. The number of ether oxygens (including phenoxy) is 1. The topological polar surface area (TPSA) is 38.3 Å². The summed E-state index contributed by atoms with van der Waals surface area (Å²) >= 11 is 9.43. The van der Waals surface area contributed by atoms with Crippen molar-refractivity contribution in [2.75, 3.05) is 6.61 Å². The maximum absolute atomic E-state index is 12.2. The number of hydrogen-bond donors (Lipinski definition) is 1. The Labute approximate surface area is 149 Å². The SMILES string of the molecule is O=C(COc1ccc(Br)cc1Cl)N[C@H](c1ccccc1)C1CC1. The molecule has 0 saturated heterocycles. The maximum atomic E-state index is 12.2. The number of rotatable bonds is 6. The Bertz CT molecular complexity index is 689. The molecule has 5 heteroatoms. The molecule has 1 fully saturated rings. The fraction of sp³-hybridized carbons (Fsp3) is 0.278. The summed E-state index contributed by atoms with van der Waals surface area (Å²) in [6.07, 6.45) is 2.30. The normalized spacial score (nSPS) is 15.0. The van der Waals surface area contributed by atoms with E-state index in [2.05, 4.69) is 33.4 Å². The van der Waals surface area contributed by atoms with Gasteiger partial charge in [0.15, 0.2) is 6.61 Å². The molecule has 0 radical (unpaired) electrons. The van der Waals surface area contributed by atoms with Crippen molar-refractivity contribution < 1.29 is 9.53 Å². The molecule has 1 N–H and O–H groups in total. The molecule has 3 rings (SSSR count). The van der Waals surface area contributed by atoms with Crippen molar-refractivity contribution in [3.63, 3.8) is 0 Å². The van der Waals surface area contributed by atoms with Gasteiger partial charge in [0.1, 0.15) is 5.75 Å². The highest BCUT2D eigenvalue weighted by atomic mass is 79.9. The van der Waals surface area contributed by atoms with Gasteiger partial charge in [0.25, 0.3) is 5.91 Å². The molecular formula is C18H17BrClNO2. The van der Waals surface area contributed by atoms with Crippen LogP contribution < -0.4 is 10.1 Å². The predicted octanol–water partition coefficient (Wildman–Crippen LogP) is 4.75. The van der Waals surface area contributed by atoms with Crippen molar-refractivity contribution in [2.45, 2.75) is 18.9 Å². The first-order chi connectivity index (χ1) is 11.1. The van der Waals surface area contributed by atoms with Crippen molar-refractivity contribution in [3.05, 3.63) is 63.6 Å². The van der Waals surface area contributed by atoms with Gasteiger partial charge in [-0.25, -0.2) is 0 Å². The van der Waals surface area contributed by atoms with Crippen molar-refractivity contribution in [2.24, 2.45) is 5.92 Å². The van der Waals surface area contributed by atoms with Crippen LogP contribution in [0.15, 0.2) is 53.0 Å². The lowest BCUT2D eigenvalue weighted by Gasteiger charge is -2.19. The molecule has 1 amide bonds. The van der Waals surface area contributed by atoms with Gasteiger partial charge in [0, 0.05) is 4.47 Å². The van der Waals surface area contributed by atoms with Crippen molar-refractivity contribution >= 4 is 33.4 Å². The van der Waals surface area contributed by atoms with E-state index >= 15 is 0 Å². The fourth-order valence-corrected chi connectivity index (χ4v) is 3.24. The lowest BCUT2D eigenvalue weighted by Crippen LogP contribution is -2.33. The molecule has 1 saturated carbocycles. The molecule has 120 valence electrons. The van der Waals surface area contributed by atoms with Crippen LogP contribution >= 0.6 is 27.5 Å². The smallest absolute Gasteiger partial charge is 0.258 e. The second-order valence-corrected chi connectivity index (χ2v) is 6.98. The Morgan fingerprint density at radius 3 is 2.65 bits per heavy atom. The first kappa shape index (κ1) is 16.3. The van der Waals surface area contributed by atoms with E-state index in [0.29, 0.717) is 16.7 Å². The summed E-state index contributed by atoms with van der Waals surface area (Å²) in [5.74, 6) is 0.898. The van der Waals surface area contributed by atoms with E-state index in [1.807, 2.05) is 24.3 Å². The molecular weight excluding hydrogens is 378 g/mol. The summed E-state index contributed by atoms with van der Waals surface area (Å²) in [6.45, 7) is -0.0442. The van der Waals surface area contributed by atoms with Crippen molar-refractivity contribution in [1.29, 1.82) is 0 Å². The van der Waals surface area contributed by atoms with Gasteiger partial charge in [-0.15, -0.1) is 0 Å². The predicted molar refractivity (Wildman–Crippen MR) is 94.7 cm³/mol. The number of carbonyl (C=O) groups is 1. The van der Waals surface area contributed by atoms with E-state index in [1.54, 1.807) is 12.1 Å². The highest BCUT2D eigenvalue weighted by Gasteiger charge is 2.33. The minimum absolute atomic E-state index is 0.0442. The number of hydrogen-bond acceptors (Lipinski definition) is 2. The van der Waals surface area contributed by atoms with Crippen LogP contribution in [0.3, 0.4) is 0 Å². The molecule has 0 spiro atoms. The summed E-state index contributed by atoms with van der Waals surface area (Å²) in [7, 11) is 0. The van der Waals surface area contributed by atoms with Gasteiger partial charge in [-0.05, 0) is 42.5 Å². The van der Waals surface area contributed by atoms with Crippen LogP contribution in [0.1, 0.15) is 24.4 Å². The average Bonchev–Trinajstić information content (AvgIpc) is 3.37. The van der Waals surface area contributed by atoms with Crippen molar-refractivity contribution in [1.82, 2.24) is 5.32 Å². The van der Waals surface area contributed by atoms with Crippen LogP contribution in [0.2, 0.25) is 5.02 Å². The van der Waals surface area contributed by atoms with Crippen LogP contribution in [0.25, 0.3) is 0 Å². The second-order valence-electron chi connectivity index (χ2n) is 5.66. The highest BCUT2D eigenvalue weighted by Crippen LogP contribution is 2.40. The minimum atomic E-state index is -0.135. The number of amides is 1. The number of benzene rings is 2. The molecule has 0 unspecified atom stereocenters. The van der Waals surface area contributed by atoms with Gasteiger partial charge in [-0.1, -0.05) is 57.9 Å². The first-order valence-electron chi connectivity index (χ1n) is 7.55. The summed E-state index contributed by atoms with van der Waals surface area (Å²) in [6, 6.07) is 15.5. The summed E-state index contributed by atoms with van der Waals surface area (Å²) in [5, 5.41) is 3.56. The Balaban J connectivity index is 1.59. The van der Waals surface area contributed by atoms with Gasteiger partial charge in [-0.2, -0.15) is 0 Å². The zero-order valence-electron chi connectivity index (χ0n) is 12.5. The second kappa shape index (κ2) is 7.37. The number of nitrogens with one attached hydrogen (secondary N) is 1. The van der Waals surface area contributed by atoms with Gasteiger partial charge in [-0.3, -0.25) is 4.79 Å². The van der Waals surface area contributed by atoms with Gasteiger partial charge in [0.2, 0.25) is 0 Å². The molecule has 0 heterocycles. The third-order valence-corrected chi connectivity index (χ3v) is 4.61. The standard InChI is InChI=1S/C18H17BrClNO2/c19-14-8-9-16(15(20)10-14)23-11-17(22)21-18(13-6-7-13)12-4-2-1-3-5-12/h1-5,8-10,13,18H,6-7,11H2,(H,21,22)/t18-/m1/s1. The lowest BCUT2D eigenvalue weighted by molar-refractivity contribution is -0.124. The van der Waals surface area contributed by atoms with E-state index < -0.39 is 0 Å². The molecule has 2 aromatic carbocycles. The van der Waals surface area contributed by atoms with E-state index in [4.69, 9.17) is 16.3 Å². The maximum Gasteiger partial charge on any atom is 0.258 e. The molecule has 1 aliphatic rings. The molecule has 1 atom stereocenters. The summed E-state index contributed by atoms with van der Waals surface area (Å²) in [4.78, 5) is 12.2. The van der Waals surface area contributed by atoms with Crippen molar-refractivity contribution in [3.8, 4) is 5.75 Å². The first-order valence-corrected chi connectivity index (χ1v) is 8.73. The van der Waals surface area contributed by atoms with Crippen LogP contribution in [0.4, 0.5) is 0 Å². The van der Waals surface area contributed by atoms with Crippen LogP contribution in [-0.2, 0) is 4.79 Å². The third kappa shape index (κ3) is 4.49. The van der Waals surface area contributed by atoms with E-state index in [9.17, 15) is 4.79 Å². The molecule has 0 bridgehead atoms.